The second-order valence-corrected chi connectivity index (χ2v) is 5.15. The molecule has 0 atom stereocenters. The molecule has 1 aliphatic heterocycles. The van der Waals surface area contributed by atoms with Crippen molar-refractivity contribution in [2.24, 2.45) is 5.41 Å². The molecule has 2 heterocycles. The maximum absolute atomic E-state index is 5.39. The molecule has 0 aromatic carbocycles. The van der Waals surface area contributed by atoms with Crippen LogP contribution in [0.2, 0.25) is 0 Å². The molecule has 2 rings (SSSR count). The van der Waals surface area contributed by atoms with E-state index in [-0.39, 0.29) is 5.41 Å². The highest BCUT2D eigenvalue weighted by molar-refractivity contribution is 5.30. The molecule has 1 N–H and O–H groups in total. The van der Waals surface area contributed by atoms with Crippen molar-refractivity contribution in [2.75, 3.05) is 32.2 Å². The average Bonchev–Trinajstić information content (AvgIpc) is 2.37. The number of ether oxygens (including phenoxy) is 2. The van der Waals surface area contributed by atoms with Gasteiger partial charge in [0.1, 0.15) is 0 Å². The first-order valence-electron chi connectivity index (χ1n) is 6.33. The quantitative estimate of drug-likeness (QED) is 0.887. The SMILES string of the molecule is COc1cc(C)nc(NCC2(C)CCOCC2)n1. The van der Waals surface area contributed by atoms with E-state index in [0.29, 0.717) is 11.8 Å². The van der Waals surface area contributed by atoms with Crippen LogP contribution in [0.4, 0.5) is 5.95 Å². The molecule has 0 amide bonds. The summed E-state index contributed by atoms with van der Waals surface area (Å²) in [6.45, 7) is 6.76. The summed E-state index contributed by atoms with van der Waals surface area (Å²) in [6.07, 6.45) is 2.14. The van der Waals surface area contributed by atoms with Crippen LogP contribution in [0.5, 0.6) is 5.88 Å². The summed E-state index contributed by atoms with van der Waals surface area (Å²) in [5.41, 5.74) is 1.17. The van der Waals surface area contributed by atoms with Gasteiger partial charge in [0.05, 0.1) is 7.11 Å². The number of aromatic nitrogens is 2. The minimum atomic E-state index is 0.262. The molecule has 0 saturated carbocycles. The number of rotatable bonds is 4. The van der Waals surface area contributed by atoms with E-state index in [4.69, 9.17) is 9.47 Å². The number of methoxy groups -OCH3 is 1. The molecule has 1 aromatic heterocycles. The molecule has 18 heavy (non-hydrogen) atoms. The van der Waals surface area contributed by atoms with Crippen molar-refractivity contribution in [3.05, 3.63) is 11.8 Å². The van der Waals surface area contributed by atoms with Gasteiger partial charge in [0, 0.05) is 31.5 Å². The lowest BCUT2D eigenvalue weighted by atomic mass is 9.82. The molecule has 0 spiro atoms. The highest BCUT2D eigenvalue weighted by Gasteiger charge is 2.27. The summed E-state index contributed by atoms with van der Waals surface area (Å²) in [7, 11) is 1.62. The van der Waals surface area contributed by atoms with Crippen molar-refractivity contribution in [1.82, 2.24) is 9.97 Å². The normalized spacial score (nSPS) is 18.4. The topological polar surface area (TPSA) is 56.3 Å². The van der Waals surface area contributed by atoms with E-state index in [1.165, 1.54) is 0 Å². The fourth-order valence-electron chi connectivity index (χ4n) is 2.06. The van der Waals surface area contributed by atoms with Crippen molar-refractivity contribution in [1.29, 1.82) is 0 Å². The van der Waals surface area contributed by atoms with E-state index in [9.17, 15) is 0 Å². The highest BCUT2D eigenvalue weighted by atomic mass is 16.5. The first kappa shape index (κ1) is 13.1. The van der Waals surface area contributed by atoms with E-state index >= 15 is 0 Å². The molecule has 1 aliphatic rings. The van der Waals surface area contributed by atoms with Gasteiger partial charge in [-0.15, -0.1) is 0 Å². The van der Waals surface area contributed by atoms with Gasteiger partial charge in [-0.25, -0.2) is 4.98 Å². The molecule has 100 valence electrons. The van der Waals surface area contributed by atoms with Gasteiger partial charge in [0.15, 0.2) is 0 Å². The first-order valence-corrected chi connectivity index (χ1v) is 6.33. The van der Waals surface area contributed by atoms with Crippen LogP contribution in [-0.2, 0) is 4.74 Å². The fourth-order valence-corrected chi connectivity index (χ4v) is 2.06. The molecule has 1 fully saturated rings. The second kappa shape index (κ2) is 5.52. The zero-order valence-corrected chi connectivity index (χ0v) is 11.3. The summed E-state index contributed by atoms with van der Waals surface area (Å²) >= 11 is 0. The minimum absolute atomic E-state index is 0.262. The zero-order valence-electron chi connectivity index (χ0n) is 11.3. The van der Waals surface area contributed by atoms with E-state index < -0.39 is 0 Å². The minimum Gasteiger partial charge on any atom is -0.481 e. The maximum atomic E-state index is 5.39. The van der Waals surface area contributed by atoms with Crippen LogP contribution < -0.4 is 10.1 Å². The third-order valence-corrected chi connectivity index (χ3v) is 3.41. The van der Waals surface area contributed by atoms with Crippen LogP contribution in [-0.4, -0.2) is 36.8 Å². The molecule has 5 heteroatoms. The Hall–Kier alpha value is -1.36. The molecular weight excluding hydrogens is 230 g/mol. The van der Waals surface area contributed by atoms with E-state index in [1.54, 1.807) is 7.11 Å². The van der Waals surface area contributed by atoms with E-state index in [1.807, 2.05) is 13.0 Å². The van der Waals surface area contributed by atoms with Crippen LogP contribution in [0, 0.1) is 12.3 Å². The van der Waals surface area contributed by atoms with Gasteiger partial charge in [0.2, 0.25) is 11.8 Å². The fraction of sp³-hybridized carbons (Fsp3) is 0.692. The number of hydrogen-bond donors (Lipinski definition) is 1. The van der Waals surface area contributed by atoms with E-state index in [2.05, 4.69) is 22.2 Å². The predicted molar refractivity (Wildman–Crippen MR) is 70.0 cm³/mol. The summed E-state index contributed by atoms with van der Waals surface area (Å²) in [5, 5.41) is 3.31. The summed E-state index contributed by atoms with van der Waals surface area (Å²) in [6, 6.07) is 1.82. The zero-order chi connectivity index (χ0) is 13.0. The Morgan fingerprint density at radius 3 is 2.78 bits per heavy atom. The van der Waals surface area contributed by atoms with Gasteiger partial charge >= 0.3 is 0 Å². The van der Waals surface area contributed by atoms with Gasteiger partial charge in [0.25, 0.3) is 0 Å². The van der Waals surface area contributed by atoms with Crippen molar-refractivity contribution in [3.63, 3.8) is 0 Å². The Labute approximate surface area is 108 Å². The summed E-state index contributed by atoms with van der Waals surface area (Å²) in [5.74, 6) is 1.24. The Balaban J connectivity index is 1.98. The maximum Gasteiger partial charge on any atom is 0.226 e. The van der Waals surface area contributed by atoms with Gasteiger partial charge in [-0.05, 0) is 25.2 Å². The molecule has 1 saturated heterocycles. The third-order valence-electron chi connectivity index (χ3n) is 3.41. The molecule has 1 aromatic rings. The Bertz CT molecular complexity index is 403. The van der Waals surface area contributed by atoms with Gasteiger partial charge in [-0.1, -0.05) is 6.92 Å². The number of nitrogens with one attached hydrogen (secondary N) is 1. The summed E-state index contributed by atoms with van der Waals surface area (Å²) < 4.78 is 10.5. The number of hydrogen-bond acceptors (Lipinski definition) is 5. The lowest BCUT2D eigenvalue weighted by molar-refractivity contribution is 0.0299. The molecule has 0 unspecified atom stereocenters. The monoisotopic (exact) mass is 251 g/mol. The van der Waals surface area contributed by atoms with Crippen molar-refractivity contribution in [2.45, 2.75) is 26.7 Å². The van der Waals surface area contributed by atoms with Gasteiger partial charge in [-0.3, -0.25) is 0 Å². The third kappa shape index (κ3) is 3.32. The molecule has 5 nitrogen and oxygen atoms in total. The Morgan fingerprint density at radius 1 is 1.39 bits per heavy atom. The van der Waals surface area contributed by atoms with E-state index in [0.717, 1.165) is 38.3 Å². The molecule has 0 radical (unpaired) electrons. The number of aryl methyl sites for hydroxylation is 1. The number of nitrogens with zero attached hydrogens (tertiary/aromatic N) is 2. The van der Waals surface area contributed by atoms with Crippen LogP contribution in [0.1, 0.15) is 25.5 Å². The van der Waals surface area contributed by atoms with Crippen molar-refractivity contribution >= 4 is 5.95 Å². The lowest BCUT2D eigenvalue weighted by Crippen LogP contribution is -2.33. The second-order valence-electron chi connectivity index (χ2n) is 5.15. The number of anilines is 1. The standard InChI is InChI=1S/C13H21N3O2/c1-10-8-11(17-3)16-12(15-10)14-9-13(2)4-6-18-7-5-13/h8H,4-7,9H2,1-3H3,(H,14,15,16). The van der Waals surface area contributed by atoms with Crippen LogP contribution >= 0.6 is 0 Å². The van der Waals surface area contributed by atoms with Gasteiger partial charge in [-0.2, -0.15) is 4.98 Å². The lowest BCUT2D eigenvalue weighted by Gasteiger charge is -2.33. The van der Waals surface area contributed by atoms with Gasteiger partial charge < -0.3 is 14.8 Å². The first-order chi connectivity index (χ1) is 8.61. The largest absolute Gasteiger partial charge is 0.481 e. The van der Waals surface area contributed by atoms with Crippen molar-refractivity contribution < 1.29 is 9.47 Å². The Morgan fingerprint density at radius 2 is 2.11 bits per heavy atom. The van der Waals surface area contributed by atoms with Crippen LogP contribution in [0.25, 0.3) is 0 Å². The average molecular weight is 251 g/mol. The van der Waals surface area contributed by atoms with Crippen LogP contribution in [0.3, 0.4) is 0 Å². The summed E-state index contributed by atoms with van der Waals surface area (Å²) in [4.78, 5) is 8.66. The molecule has 0 bridgehead atoms. The predicted octanol–water partition coefficient (Wildman–Crippen LogP) is 2.02. The smallest absolute Gasteiger partial charge is 0.226 e. The van der Waals surface area contributed by atoms with Crippen LogP contribution in [0.15, 0.2) is 6.07 Å². The molecule has 0 aliphatic carbocycles. The Kier molecular flexibility index (Phi) is 4.01. The van der Waals surface area contributed by atoms with Crippen molar-refractivity contribution in [3.8, 4) is 5.88 Å². The highest BCUT2D eigenvalue weighted by Crippen LogP contribution is 2.29. The molecular formula is C13H21N3O2.